The van der Waals surface area contributed by atoms with Crippen molar-refractivity contribution in [2.45, 2.75) is 6.54 Å². The van der Waals surface area contributed by atoms with Crippen LogP contribution in [0.4, 0.5) is 0 Å². The van der Waals surface area contributed by atoms with E-state index < -0.39 is 0 Å². The molecule has 0 bridgehead atoms. The molecule has 1 heterocycles. The van der Waals surface area contributed by atoms with E-state index in [1.54, 1.807) is 0 Å². The summed E-state index contributed by atoms with van der Waals surface area (Å²) >= 11 is 0. The lowest BCUT2D eigenvalue weighted by Crippen LogP contribution is -2.31. The number of benzene rings is 2. The molecule has 3 N–H and O–H groups in total. The summed E-state index contributed by atoms with van der Waals surface area (Å²) < 4.78 is 0. The van der Waals surface area contributed by atoms with Gasteiger partial charge in [-0.05, 0) is 28.5 Å². The Kier molecular flexibility index (Phi) is 5.71. The average molecular weight is 355 g/mol. The van der Waals surface area contributed by atoms with Crippen molar-refractivity contribution in [2.24, 2.45) is 17.3 Å². The van der Waals surface area contributed by atoms with E-state index >= 15 is 0 Å². The Bertz CT molecular complexity index is 699. The minimum Gasteiger partial charge on any atom is -0.483 e. The Hall–Kier alpha value is -2.21. The van der Waals surface area contributed by atoms with Crippen molar-refractivity contribution in [2.75, 3.05) is 26.3 Å². The molecule has 26 heavy (non-hydrogen) atoms. The molecule has 2 aromatic carbocycles. The highest BCUT2D eigenvalue weighted by Gasteiger charge is 2.67. The van der Waals surface area contributed by atoms with Gasteiger partial charge < -0.3 is 15.3 Å². The molecule has 5 heteroatoms. The van der Waals surface area contributed by atoms with E-state index in [0.717, 1.165) is 19.6 Å². The fourth-order valence-electron chi connectivity index (χ4n) is 4.26. The monoisotopic (exact) mass is 355 g/mol. The van der Waals surface area contributed by atoms with Crippen LogP contribution >= 0.6 is 0 Å². The van der Waals surface area contributed by atoms with Crippen LogP contribution in [0, 0.1) is 17.3 Å². The number of carbonyl (C=O) groups is 1. The molecular formula is C21H25NO4. The molecule has 0 spiro atoms. The predicted molar refractivity (Wildman–Crippen MR) is 99.4 cm³/mol. The number of likely N-dealkylation sites (tertiary alicyclic amines) is 1. The molecule has 2 aliphatic rings. The van der Waals surface area contributed by atoms with Crippen molar-refractivity contribution in [3.63, 3.8) is 0 Å². The number of piperidine rings is 1. The maximum atomic E-state index is 9.50. The molecule has 0 aromatic heterocycles. The van der Waals surface area contributed by atoms with Gasteiger partial charge in [-0.1, -0.05) is 54.6 Å². The smallest absolute Gasteiger partial charge is 0.290 e. The van der Waals surface area contributed by atoms with E-state index in [1.165, 1.54) is 16.7 Å². The van der Waals surface area contributed by atoms with Gasteiger partial charge in [0.25, 0.3) is 6.47 Å². The Morgan fingerprint density at radius 2 is 1.42 bits per heavy atom. The average Bonchev–Trinajstić information content (AvgIpc) is 3.04. The van der Waals surface area contributed by atoms with Gasteiger partial charge in [0.2, 0.25) is 0 Å². The lowest BCUT2D eigenvalue weighted by molar-refractivity contribution is -0.122. The number of hydrogen-bond acceptors (Lipinski definition) is 4. The van der Waals surface area contributed by atoms with Crippen LogP contribution in [-0.4, -0.2) is 53.0 Å². The first-order valence-corrected chi connectivity index (χ1v) is 8.84. The van der Waals surface area contributed by atoms with Crippen LogP contribution in [0.5, 0.6) is 0 Å². The second-order valence-electron chi connectivity index (χ2n) is 7.12. The van der Waals surface area contributed by atoms with E-state index in [9.17, 15) is 10.2 Å². The number of aliphatic hydroxyl groups excluding tert-OH is 2. The molecular weight excluding hydrogens is 330 g/mol. The predicted octanol–water partition coefficient (Wildman–Crippen LogP) is 2.09. The number of hydrogen-bond donors (Lipinski definition) is 3. The SMILES string of the molecule is O=CO.OCC1(CO)C2CN(Cc3ccc(-c4ccccc4)cc3)CC21. The molecule has 138 valence electrons. The summed E-state index contributed by atoms with van der Waals surface area (Å²) in [6, 6.07) is 19.2. The Morgan fingerprint density at radius 1 is 0.923 bits per heavy atom. The normalized spacial score (nSPS) is 22.8. The van der Waals surface area contributed by atoms with E-state index in [-0.39, 0.29) is 25.1 Å². The summed E-state index contributed by atoms with van der Waals surface area (Å²) in [5, 5.41) is 25.9. The fraction of sp³-hybridized carbons (Fsp3) is 0.381. The van der Waals surface area contributed by atoms with Crippen molar-refractivity contribution >= 4 is 6.47 Å². The first-order valence-electron chi connectivity index (χ1n) is 8.84. The highest BCUT2D eigenvalue weighted by molar-refractivity contribution is 5.63. The lowest BCUT2D eigenvalue weighted by Gasteiger charge is -2.24. The van der Waals surface area contributed by atoms with E-state index in [2.05, 4.69) is 53.4 Å². The third-order valence-electron chi connectivity index (χ3n) is 5.82. The summed E-state index contributed by atoms with van der Waals surface area (Å²) in [7, 11) is 0. The van der Waals surface area contributed by atoms with Crippen LogP contribution < -0.4 is 0 Å². The standard InChI is InChI=1S/C20H23NO2.CH2O2/c22-13-20(14-23)18-11-21(12-19(18)20)10-15-6-8-17(9-7-15)16-4-2-1-3-5-16;2-1-3/h1-9,18-19,22-23H,10-14H2;1H,(H,2,3). The zero-order valence-corrected chi connectivity index (χ0v) is 14.7. The van der Waals surface area contributed by atoms with Gasteiger partial charge in [0.05, 0.1) is 13.2 Å². The summed E-state index contributed by atoms with van der Waals surface area (Å²) in [4.78, 5) is 10.8. The molecule has 0 amide bonds. The molecule has 2 fully saturated rings. The van der Waals surface area contributed by atoms with Crippen LogP contribution in [0.3, 0.4) is 0 Å². The molecule has 2 aromatic rings. The number of rotatable bonds is 5. The van der Waals surface area contributed by atoms with Crippen LogP contribution in [0.25, 0.3) is 11.1 Å². The summed E-state index contributed by atoms with van der Waals surface area (Å²) in [5.41, 5.74) is 3.63. The van der Waals surface area contributed by atoms with E-state index in [0.29, 0.717) is 11.8 Å². The highest BCUT2D eigenvalue weighted by Crippen LogP contribution is 2.62. The van der Waals surface area contributed by atoms with Gasteiger partial charge in [-0.3, -0.25) is 9.69 Å². The first kappa shape index (κ1) is 18.6. The van der Waals surface area contributed by atoms with Crippen molar-refractivity contribution in [1.29, 1.82) is 0 Å². The van der Waals surface area contributed by atoms with Gasteiger partial charge in [0.1, 0.15) is 0 Å². The fourth-order valence-corrected chi connectivity index (χ4v) is 4.26. The molecule has 5 nitrogen and oxygen atoms in total. The number of aliphatic hydroxyl groups is 2. The summed E-state index contributed by atoms with van der Waals surface area (Å²) in [5.74, 6) is 0.946. The van der Waals surface area contributed by atoms with Gasteiger partial charge in [0, 0.05) is 25.0 Å². The largest absolute Gasteiger partial charge is 0.483 e. The van der Waals surface area contributed by atoms with E-state index in [4.69, 9.17) is 9.90 Å². The Balaban J connectivity index is 0.000000613. The molecule has 0 radical (unpaired) electrons. The zero-order chi connectivity index (χ0) is 18.6. The minimum absolute atomic E-state index is 0.123. The molecule has 2 unspecified atom stereocenters. The first-order chi connectivity index (χ1) is 12.7. The van der Waals surface area contributed by atoms with E-state index in [1.807, 2.05) is 6.07 Å². The summed E-state index contributed by atoms with van der Waals surface area (Å²) in [6.07, 6.45) is 0. The third-order valence-corrected chi connectivity index (χ3v) is 5.82. The Morgan fingerprint density at radius 3 is 1.92 bits per heavy atom. The van der Waals surface area contributed by atoms with Crippen molar-refractivity contribution in [1.82, 2.24) is 4.90 Å². The third kappa shape index (κ3) is 3.51. The van der Waals surface area contributed by atoms with Crippen LogP contribution in [0.2, 0.25) is 0 Å². The molecule has 1 aliphatic carbocycles. The van der Waals surface area contributed by atoms with Gasteiger partial charge >= 0.3 is 0 Å². The maximum absolute atomic E-state index is 9.50. The van der Waals surface area contributed by atoms with Gasteiger partial charge in [0.15, 0.2) is 0 Å². The van der Waals surface area contributed by atoms with Crippen molar-refractivity contribution in [3.05, 3.63) is 60.2 Å². The second-order valence-corrected chi connectivity index (χ2v) is 7.12. The number of nitrogens with zero attached hydrogens (tertiary/aromatic N) is 1. The zero-order valence-electron chi connectivity index (χ0n) is 14.7. The number of carboxylic acid groups (broad SMARTS) is 1. The van der Waals surface area contributed by atoms with Crippen molar-refractivity contribution < 1.29 is 20.1 Å². The Labute approximate surface area is 153 Å². The molecule has 1 saturated heterocycles. The van der Waals surface area contributed by atoms with Gasteiger partial charge in [-0.25, -0.2) is 0 Å². The quantitative estimate of drug-likeness (QED) is 0.716. The lowest BCUT2D eigenvalue weighted by atomic mass is 10.0. The van der Waals surface area contributed by atoms with Gasteiger partial charge in [-0.2, -0.15) is 0 Å². The topological polar surface area (TPSA) is 81.0 Å². The number of fused-ring (bicyclic) bond motifs is 1. The van der Waals surface area contributed by atoms with Gasteiger partial charge in [-0.15, -0.1) is 0 Å². The molecule has 4 rings (SSSR count). The molecule has 1 saturated carbocycles. The second kappa shape index (κ2) is 7.99. The molecule has 1 aliphatic heterocycles. The highest BCUT2D eigenvalue weighted by atomic mass is 16.3. The van der Waals surface area contributed by atoms with Crippen LogP contribution in [-0.2, 0) is 11.3 Å². The van der Waals surface area contributed by atoms with Crippen molar-refractivity contribution in [3.8, 4) is 11.1 Å². The van der Waals surface area contributed by atoms with Crippen LogP contribution in [0.15, 0.2) is 54.6 Å². The maximum Gasteiger partial charge on any atom is 0.290 e. The minimum atomic E-state index is -0.250. The molecule has 2 atom stereocenters. The van der Waals surface area contributed by atoms with Crippen LogP contribution in [0.1, 0.15) is 5.56 Å². The summed E-state index contributed by atoms with van der Waals surface area (Å²) in [6.45, 7) is 2.93.